The number of likely N-dealkylation sites (tertiary alicyclic amines) is 1. The van der Waals surface area contributed by atoms with Crippen molar-refractivity contribution in [2.75, 3.05) is 32.8 Å². The maximum absolute atomic E-state index is 6.19. The maximum atomic E-state index is 6.19. The molecule has 2 nitrogen and oxygen atoms in total. The molecule has 0 aromatic heterocycles. The summed E-state index contributed by atoms with van der Waals surface area (Å²) in [6, 6.07) is 9.35. The molecule has 0 atom stereocenters. The molecule has 0 radical (unpaired) electrons. The molecule has 0 spiro atoms. The number of hydrogen-bond donors (Lipinski definition) is 0. The predicted molar refractivity (Wildman–Crippen MR) is 111 cm³/mol. The van der Waals surface area contributed by atoms with Crippen LogP contribution in [0.25, 0.3) is 0 Å². The molecule has 28 heavy (non-hydrogen) atoms. The van der Waals surface area contributed by atoms with E-state index in [1.807, 2.05) is 0 Å². The molecule has 1 aliphatic heterocycles. The third kappa shape index (κ3) is 3.99. The number of piperidine rings is 1. The van der Waals surface area contributed by atoms with Crippen molar-refractivity contribution in [1.82, 2.24) is 0 Å². The molecule has 0 amide bonds. The highest BCUT2D eigenvalue weighted by Gasteiger charge is 2.51. The average molecular weight is 495 g/mol. The molecule has 5 fully saturated rings. The van der Waals surface area contributed by atoms with E-state index in [4.69, 9.17) is 4.74 Å². The zero-order valence-electron chi connectivity index (χ0n) is 17.7. The summed E-state index contributed by atoms with van der Waals surface area (Å²) in [4.78, 5) is 0. The van der Waals surface area contributed by atoms with Gasteiger partial charge in [0.15, 0.2) is 0 Å². The number of hydrogen-bond acceptors (Lipinski definition) is 1. The van der Waals surface area contributed by atoms with Gasteiger partial charge in [0.05, 0.1) is 19.6 Å². The molecule has 4 saturated carbocycles. The molecule has 3 heteroatoms. The summed E-state index contributed by atoms with van der Waals surface area (Å²) in [5.74, 6) is 4.14. The summed E-state index contributed by atoms with van der Waals surface area (Å²) >= 11 is 0. The van der Waals surface area contributed by atoms with Crippen molar-refractivity contribution >= 4 is 0 Å². The lowest BCUT2D eigenvalue weighted by atomic mass is 9.48. The van der Waals surface area contributed by atoms with Crippen LogP contribution in [0.15, 0.2) is 24.3 Å². The largest absolute Gasteiger partial charge is 1.00 e. The minimum Gasteiger partial charge on any atom is -1.00 e. The van der Waals surface area contributed by atoms with E-state index in [9.17, 15) is 0 Å². The first-order valence-electron chi connectivity index (χ1n) is 11.8. The summed E-state index contributed by atoms with van der Waals surface area (Å²) in [6.45, 7) is 8.35. The number of benzene rings is 1. The molecule has 5 aliphatic rings. The first-order valence-corrected chi connectivity index (χ1v) is 11.8. The van der Waals surface area contributed by atoms with Crippen molar-refractivity contribution in [3.63, 3.8) is 0 Å². The Labute approximate surface area is 189 Å². The monoisotopic (exact) mass is 495 g/mol. The van der Waals surface area contributed by atoms with Crippen LogP contribution in [0.4, 0.5) is 0 Å². The maximum Gasteiger partial charge on any atom is 0.137 e. The Morgan fingerprint density at radius 1 is 0.893 bits per heavy atom. The SMILES string of the molecule is CC[N+]1(CCOc2ccc(C34CC5CC(CC(C5)C3)C4)cc2)CCCCC1.[I-]. The molecule has 6 rings (SSSR count). The Balaban J connectivity index is 0.00000192. The highest BCUT2D eigenvalue weighted by Crippen LogP contribution is 2.60. The average Bonchev–Trinajstić information content (AvgIpc) is 2.68. The van der Waals surface area contributed by atoms with Gasteiger partial charge >= 0.3 is 0 Å². The van der Waals surface area contributed by atoms with Crippen molar-refractivity contribution in [3.05, 3.63) is 29.8 Å². The van der Waals surface area contributed by atoms with Crippen molar-refractivity contribution in [3.8, 4) is 5.75 Å². The number of quaternary nitrogens is 1. The van der Waals surface area contributed by atoms with Gasteiger partial charge in [0.25, 0.3) is 0 Å². The molecule has 1 heterocycles. The quantitative estimate of drug-likeness (QED) is 0.436. The fourth-order valence-electron chi connectivity index (χ4n) is 7.61. The van der Waals surface area contributed by atoms with Gasteiger partial charge in [-0.05, 0) is 106 Å². The van der Waals surface area contributed by atoms with Crippen LogP contribution in [0.1, 0.15) is 70.3 Å². The van der Waals surface area contributed by atoms with Gasteiger partial charge in [-0.3, -0.25) is 0 Å². The minimum atomic E-state index is 0. The summed E-state index contributed by atoms with van der Waals surface area (Å²) in [5.41, 5.74) is 2.13. The van der Waals surface area contributed by atoms with Crippen LogP contribution in [0.5, 0.6) is 5.75 Å². The molecule has 1 aromatic rings. The first-order chi connectivity index (χ1) is 13.2. The Bertz CT molecular complexity index is 614. The van der Waals surface area contributed by atoms with Crippen molar-refractivity contribution in [2.45, 2.75) is 70.1 Å². The number of halogens is 1. The van der Waals surface area contributed by atoms with Crippen molar-refractivity contribution in [2.24, 2.45) is 17.8 Å². The number of nitrogens with zero attached hydrogens (tertiary/aromatic N) is 1. The Morgan fingerprint density at radius 2 is 1.46 bits per heavy atom. The van der Waals surface area contributed by atoms with E-state index in [1.165, 1.54) is 88.4 Å². The van der Waals surface area contributed by atoms with E-state index < -0.39 is 0 Å². The van der Waals surface area contributed by atoms with Crippen LogP contribution in [0.2, 0.25) is 0 Å². The van der Waals surface area contributed by atoms with Crippen molar-refractivity contribution in [1.29, 1.82) is 0 Å². The molecule has 1 aromatic carbocycles. The Hall–Kier alpha value is -0.290. The second-order valence-electron chi connectivity index (χ2n) is 10.5. The molecule has 156 valence electrons. The molecule has 0 unspecified atom stereocenters. The Kier molecular flexibility index (Phi) is 6.33. The van der Waals surface area contributed by atoms with Crippen molar-refractivity contribution < 1.29 is 33.2 Å². The molecular weight excluding hydrogens is 457 g/mol. The molecule has 4 aliphatic carbocycles. The van der Waals surface area contributed by atoms with E-state index in [1.54, 1.807) is 5.56 Å². The minimum absolute atomic E-state index is 0. The van der Waals surface area contributed by atoms with Gasteiger partial charge < -0.3 is 33.2 Å². The number of likely N-dealkylation sites (N-methyl/N-ethyl adjacent to an activating group) is 1. The zero-order valence-corrected chi connectivity index (χ0v) is 19.8. The van der Waals surface area contributed by atoms with Crippen LogP contribution in [0, 0.1) is 17.8 Å². The third-order valence-electron chi connectivity index (χ3n) is 8.78. The van der Waals surface area contributed by atoms with Gasteiger partial charge in [0, 0.05) is 0 Å². The van der Waals surface area contributed by atoms with Gasteiger partial charge in [-0.1, -0.05) is 12.1 Å². The smallest absolute Gasteiger partial charge is 0.137 e. The van der Waals surface area contributed by atoms with Gasteiger partial charge in [0.2, 0.25) is 0 Å². The second kappa shape index (κ2) is 8.45. The fraction of sp³-hybridized carbons (Fsp3) is 0.760. The summed E-state index contributed by atoms with van der Waals surface area (Å²) in [5, 5.41) is 0. The lowest BCUT2D eigenvalue weighted by molar-refractivity contribution is -0.930. The number of ether oxygens (including phenoxy) is 1. The summed E-state index contributed by atoms with van der Waals surface area (Å²) in [7, 11) is 0. The number of rotatable bonds is 6. The molecule has 1 saturated heterocycles. The van der Waals surface area contributed by atoms with E-state index in [2.05, 4.69) is 31.2 Å². The topological polar surface area (TPSA) is 9.23 Å². The predicted octanol–water partition coefficient (Wildman–Crippen LogP) is 2.56. The van der Waals surface area contributed by atoms with Gasteiger partial charge in [-0.2, -0.15) is 0 Å². The van der Waals surface area contributed by atoms with Gasteiger partial charge in [-0.25, -0.2) is 0 Å². The van der Waals surface area contributed by atoms with Crippen LogP contribution >= 0.6 is 0 Å². The van der Waals surface area contributed by atoms with Gasteiger partial charge in [-0.15, -0.1) is 0 Å². The second-order valence-corrected chi connectivity index (χ2v) is 10.5. The van der Waals surface area contributed by atoms with Gasteiger partial charge in [0.1, 0.15) is 18.9 Å². The summed E-state index contributed by atoms with van der Waals surface area (Å²) < 4.78 is 7.46. The Morgan fingerprint density at radius 3 is 2.00 bits per heavy atom. The van der Waals surface area contributed by atoms with E-state index in [0.29, 0.717) is 5.41 Å². The first kappa shape index (κ1) is 21.0. The van der Waals surface area contributed by atoms with Crippen LogP contribution in [0.3, 0.4) is 0 Å². The van der Waals surface area contributed by atoms with Crippen LogP contribution in [-0.4, -0.2) is 37.3 Å². The third-order valence-corrected chi connectivity index (χ3v) is 8.78. The highest BCUT2D eigenvalue weighted by atomic mass is 127. The standard InChI is InChI=1S/C25H38NO.HI/c1-2-26(10-4-3-5-11-26)12-13-27-24-8-6-23(7-9-24)25-17-20-14-21(18-25)16-22(15-20)19-25;/h6-9,20-22H,2-5,10-19H2,1H3;1H/q+1;/p-1. The molecular formula is C25H38INO. The summed E-state index contributed by atoms with van der Waals surface area (Å²) in [6.07, 6.45) is 13.2. The zero-order chi connectivity index (χ0) is 18.3. The molecule has 0 N–H and O–H groups in total. The lowest BCUT2D eigenvalue weighted by Crippen LogP contribution is -3.00. The van der Waals surface area contributed by atoms with E-state index in [0.717, 1.165) is 30.1 Å². The fourth-order valence-corrected chi connectivity index (χ4v) is 7.61. The molecule has 4 bridgehead atoms. The normalized spacial score (nSPS) is 35.4. The highest BCUT2D eigenvalue weighted by molar-refractivity contribution is 5.34. The van der Waals surface area contributed by atoms with E-state index >= 15 is 0 Å². The lowest BCUT2D eigenvalue weighted by Gasteiger charge is -2.57. The van der Waals surface area contributed by atoms with Crippen LogP contribution < -0.4 is 28.7 Å². The van der Waals surface area contributed by atoms with Crippen LogP contribution in [-0.2, 0) is 5.41 Å². The van der Waals surface area contributed by atoms with E-state index in [-0.39, 0.29) is 24.0 Å².